The summed E-state index contributed by atoms with van der Waals surface area (Å²) in [7, 11) is 1.58. The Labute approximate surface area is 139 Å². The lowest BCUT2D eigenvalue weighted by Crippen LogP contribution is -2.09. The lowest BCUT2D eigenvalue weighted by atomic mass is 10.1. The molecule has 1 heterocycles. The second-order valence-electron chi connectivity index (χ2n) is 5.64. The molecule has 2 aromatic carbocycles. The molecule has 5 heteroatoms. The average Bonchev–Trinajstić information content (AvgIpc) is 2.93. The Balaban J connectivity index is 1.78. The van der Waals surface area contributed by atoms with Crippen LogP contribution in [0.2, 0.25) is 0 Å². The third-order valence-corrected chi connectivity index (χ3v) is 3.79. The fourth-order valence-corrected chi connectivity index (χ4v) is 2.66. The molecular formula is C19H18FNO3. The highest BCUT2D eigenvalue weighted by Crippen LogP contribution is 2.35. The summed E-state index contributed by atoms with van der Waals surface area (Å²) in [6.07, 6.45) is 3.94. The molecule has 0 spiro atoms. The Morgan fingerprint density at radius 3 is 2.92 bits per heavy atom. The molecular weight excluding hydrogens is 309 g/mol. The number of para-hydroxylation sites is 1. The highest BCUT2D eigenvalue weighted by Gasteiger charge is 2.21. The molecule has 0 fully saturated rings. The molecule has 1 aliphatic rings. The Morgan fingerprint density at radius 2 is 2.17 bits per heavy atom. The van der Waals surface area contributed by atoms with Crippen molar-refractivity contribution >= 4 is 17.7 Å². The van der Waals surface area contributed by atoms with Crippen molar-refractivity contribution in [1.29, 1.82) is 0 Å². The number of amides is 1. The molecule has 4 nitrogen and oxygen atoms in total. The minimum absolute atomic E-state index is 0.133. The Bertz CT molecular complexity index is 801. The first kappa shape index (κ1) is 16.1. The fraction of sp³-hybridized carbons (Fsp3) is 0.211. The quantitative estimate of drug-likeness (QED) is 0.869. The van der Waals surface area contributed by atoms with Gasteiger partial charge in [-0.05, 0) is 37.3 Å². The van der Waals surface area contributed by atoms with Crippen LogP contribution in [0.1, 0.15) is 18.1 Å². The number of nitrogens with one attached hydrogen (secondary N) is 1. The van der Waals surface area contributed by atoms with E-state index in [0.29, 0.717) is 5.75 Å². The van der Waals surface area contributed by atoms with Crippen LogP contribution in [-0.2, 0) is 11.2 Å². The SMILES string of the molecule is COc1cc2c(cc1/C=C/C(=O)Nc1ccccc1F)O[C@@H](C)C2. The molecule has 0 saturated heterocycles. The molecule has 3 rings (SSSR count). The van der Waals surface area contributed by atoms with Crippen molar-refractivity contribution in [2.75, 3.05) is 12.4 Å². The lowest BCUT2D eigenvalue weighted by Gasteiger charge is -2.08. The van der Waals surface area contributed by atoms with Crippen molar-refractivity contribution in [3.8, 4) is 11.5 Å². The predicted molar refractivity (Wildman–Crippen MR) is 90.9 cm³/mol. The molecule has 1 aliphatic heterocycles. The van der Waals surface area contributed by atoms with Gasteiger partial charge >= 0.3 is 0 Å². The van der Waals surface area contributed by atoms with Crippen LogP contribution >= 0.6 is 0 Å². The molecule has 24 heavy (non-hydrogen) atoms. The second kappa shape index (κ2) is 6.74. The van der Waals surface area contributed by atoms with Crippen molar-refractivity contribution in [1.82, 2.24) is 0 Å². The molecule has 124 valence electrons. The van der Waals surface area contributed by atoms with Gasteiger partial charge in [0.2, 0.25) is 5.91 Å². The number of hydrogen-bond acceptors (Lipinski definition) is 3. The Kier molecular flexibility index (Phi) is 4.51. The van der Waals surface area contributed by atoms with E-state index in [4.69, 9.17) is 9.47 Å². The van der Waals surface area contributed by atoms with Gasteiger partial charge in [0, 0.05) is 23.6 Å². The minimum Gasteiger partial charge on any atom is -0.496 e. The van der Waals surface area contributed by atoms with E-state index in [1.807, 2.05) is 19.1 Å². The van der Waals surface area contributed by atoms with Gasteiger partial charge in [0.25, 0.3) is 0 Å². The number of carbonyl (C=O) groups excluding carboxylic acids is 1. The summed E-state index contributed by atoms with van der Waals surface area (Å²) in [4.78, 5) is 12.0. The van der Waals surface area contributed by atoms with Gasteiger partial charge in [0.1, 0.15) is 23.4 Å². The first-order valence-corrected chi connectivity index (χ1v) is 7.68. The number of ether oxygens (including phenoxy) is 2. The van der Waals surface area contributed by atoms with E-state index in [9.17, 15) is 9.18 Å². The van der Waals surface area contributed by atoms with Crippen LogP contribution in [-0.4, -0.2) is 19.1 Å². The first-order chi connectivity index (χ1) is 11.6. The van der Waals surface area contributed by atoms with Gasteiger partial charge in [-0.1, -0.05) is 12.1 Å². The van der Waals surface area contributed by atoms with Gasteiger partial charge in [0.15, 0.2) is 0 Å². The normalized spacial score (nSPS) is 15.9. The number of fused-ring (bicyclic) bond motifs is 1. The van der Waals surface area contributed by atoms with Gasteiger partial charge in [-0.3, -0.25) is 4.79 Å². The van der Waals surface area contributed by atoms with Crippen LogP contribution in [0.4, 0.5) is 10.1 Å². The van der Waals surface area contributed by atoms with Crippen LogP contribution in [0.15, 0.2) is 42.5 Å². The number of benzene rings is 2. The molecule has 1 amide bonds. The highest BCUT2D eigenvalue weighted by atomic mass is 19.1. The van der Waals surface area contributed by atoms with Crippen molar-refractivity contribution in [2.45, 2.75) is 19.4 Å². The Hall–Kier alpha value is -2.82. The summed E-state index contributed by atoms with van der Waals surface area (Å²) >= 11 is 0. The summed E-state index contributed by atoms with van der Waals surface area (Å²) in [5, 5.41) is 2.50. The van der Waals surface area contributed by atoms with Gasteiger partial charge in [-0.2, -0.15) is 0 Å². The van der Waals surface area contributed by atoms with E-state index in [1.165, 1.54) is 18.2 Å². The Morgan fingerprint density at radius 1 is 1.38 bits per heavy atom. The van der Waals surface area contributed by atoms with Crippen LogP contribution in [0.3, 0.4) is 0 Å². The predicted octanol–water partition coefficient (Wildman–Crippen LogP) is 3.81. The number of carbonyl (C=O) groups is 1. The zero-order chi connectivity index (χ0) is 17.1. The van der Waals surface area contributed by atoms with Crippen LogP contribution < -0.4 is 14.8 Å². The van der Waals surface area contributed by atoms with Crippen molar-refractivity contribution < 1.29 is 18.7 Å². The summed E-state index contributed by atoms with van der Waals surface area (Å²) in [6, 6.07) is 9.80. The molecule has 2 aromatic rings. The summed E-state index contributed by atoms with van der Waals surface area (Å²) in [5.74, 6) is 0.576. The summed E-state index contributed by atoms with van der Waals surface area (Å²) < 4.78 is 24.6. The van der Waals surface area contributed by atoms with Crippen molar-refractivity contribution in [3.63, 3.8) is 0 Å². The maximum atomic E-state index is 13.5. The number of rotatable bonds is 4. The van der Waals surface area contributed by atoms with Gasteiger partial charge < -0.3 is 14.8 Å². The zero-order valence-corrected chi connectivity index (χ0v) is 13.5. The highest BCUT2D eigenvalue weighted by molar-refractivity contribution is 6.02. The molecule has 0 aliphatic carbocycles. The minimum atomic E-state index is -0.475. The molecule has 0 aromatic heterocycles. The smallest absolute Gasteiger partial charge is 0.248 e. The number of halogens is 1. The van der Waals surface area contributed by atoms with E-state index in [1.54, 1.807) is 25.3 Å². The van der Waals surface area contributed by atoms with E-state index in [-0.39, 0.29) is 11.8 Å². The maximum absolute atomic E-state index is 13.5. The van der Waals surface area contributed by atoms with Crippen molar-refractivity contribution in [3.05, 3.63) is 59.4 Å². The van der Waals surface area contributed by atoms with E-state index >= 15 is 0 Å². The number of hydrogen-bond donors (Lipinski definition) is 1. The van der Waals surface area contributed by atoms with E-state index in [2.05, 4.69) is 5.32 Å². The molecule has 0 radical (unpaired) electrons. The van der Waals surface area contributed by atoms with Gasteiger partial charge in [-0.15, -0.1) is 0 Å². The standard InChI is InChI=1S/C19H18FNO3/c1-12-9-14-11-17(23-2)13(10-18(14)24-12)7-8-19(22)21-16-6-4-3-5-15(16)20/h3-8,10-12H,9H2,1-2H3,(H,21,22)/b8-7+/t12-/m0/s1. The van der Waals surface area contributed by atoms with Gasteiger partial charge in [0.05, 0.1) is 12.8 Å². The van der Waals surface area contributed by atoms with Gasteiger partial charge in [-0.25, -0.2) is 4.39 Å². The molecule has 0 saturated carbocycles. The number of anilines is 1. The number of methoxy groups -OCH3 is 1. The third kappa shape index (κ3) is 3.40. The fourth-order valence-electron chi connectivity index (χ4n) is 2.66. The van der Waals surface area contributed by atoms with E-state index in [0.717, 1.165) is 23.3 Å². The van der Waals surface area contributed by atoms with Crippen LogP contribution in [0, 0.1) is 5.82 Å². The molecule has 0 unspecified atom stereocenters. The molecule has 1 N–H and O–H groups in total. The van der Waals surface area contributed by atoms with Crippen LogP contribution in [0.5, 0.6) is 11.5 Å². The van der Waals surface area contributed by atoms with Crippen LogP contribution in [0.25, 0.3) is 6.08 Å². The third-order valence-electron chi connectivity index (χ3n) is 3.79. The first-order valence-electron chi connectivity index (χ1n) is 7.68. The summed E-state index contributed by atoms with van der Waals surface area (Å²) in [5.41, 5.74) is 1.96. The maximum Gasteiger partial charge on any atom is 0.248 e. The van der Waals surface area contributed by atoms with E-state index < -0.39 is 11.7 Å². The average molecular weight is 327 g/mol. The lowest BCUT2D eigenvalue weighted by molar-refractivity contribution is -0.111. The topological polar surface area (TPSA) is 47.6 Å². The molecule has 0 bridgehead atoms. The second-order valence-corrected chi connectivity index (χ2v) is 5.64. The largest absolute Gasteiger partial charge is 0.496 e. The summed E-state index contributed by atoms with van der Waals surface area (Å²) in [6.45, 7) is 2.00. The monoisotopic (exact) mass is 327 g/mol. The van der Waals surface area contributed by atoms with Crippen molar-refractivity contribution in [2.24, 2.45) is 0 Å². The zero-order valence-electron chi connectivity index (χ0n) is 13.5. The molecule has 1 atom stereocenters.